The van der Waals surface area contributed by atoms with Crippen LogP contribution in [0.4, 0.5) is 0 Å². The molecule has 0 amide bonds. The number of fused-ring (bicyclic) bond motifs is 1. The number of aryl methyl sites for hydroxylation is 1. The van der Waals surface area contributed by atoms with Gasteiger partial charge in [-0.15, -0.1) is 0 Å². The first-order chi connectivity index (χ1) is 10.2. The minimum absolute atomic E-state index is 0.377. The molecule has 3 unspecified atom stereocenters. The summed E-state index contributed by atoms with van der Waals surface area (Å²) in [5.41, 5.74) is 2.31. The Morgan fingerprint density at radius 1 is 1.29 bits per heavy atom. The number of hydrogen-bond acceptors (Lipinski definition) is 2. The van der Waals surface area contributed by atoms with Gasteiger partial charge >= 0.3 is 0 Å². The Morgan fingerprint density at radius 2 is 2.14 bits per heavy atom. The van der Waals surface area contributed by atoms with E-state index in [9.17, 15) is 0 Å². The molecule has 1 aliphatic carbocycles. The normalized spacial score (nSPS) is 23.8. The van der Waals surface area contributed by atoms with Crippen LogP contribution in [0.1, 0.15) is 56.9 Å². The van der Waals surface area contributed by atoms with Crippen molar-refractivity contribution in [3.8, 4) is 0 Å². The van der Waals surface area contributed by atoms with E-state index in [-0.39, 0.29) is 0 Å². The molecule has 21 heavy (non-hydrogen) atoms. The Bertz CT molecular complexity index is 601. The molecule has 0 bridgehead atoms. The topological polar surface area (TPSA) is 25.2 Å². The lowest BCUT2D eigenvalue weighted by atomic mass is 9.94. The number of nitrogens with one attached hydrogen (secondary N) is 1. The van der Waals surface area contributed by atoms with Crippen LogP contribution >= 0.6 is 0 Å². The summed E-state index contributed by atoms with van der Waals surface area (Å²) in [6.07, 6.45) is 5.16. The van der Waals surface area contributed by atoms with Crippen LogP contribution in [-0.4, -0.2) is 6.54 Å². The van der Waals surface area contributed by atoms with Crippen LogP contribution in [0.3, 0.4) is 0 Å². The van der Waals surface area contributed by atoms with E-state index < -0.39 is 0 Å². The van der Waals surface area contributed by atoms with Gasteiger partial charge in [0.25, 0.3) is 0 Å². The predicted molar refractivity (Wildman–Crippen MR) is 88.5 cm³/mol. The van der Waals surface area contributed by atoms with Gasteiger partial charge in [-0.25, -0.2) is 0 Å². The van der Waals surface area contributed by atoms with Crippen molar-refractivity contribution < 1.29 is 4.42 Å². The monoisotopic (exact) mass is 285 g/mol. The van der Waals surface area contributed by atoms with Gasteiger partial charge in [0, 0.05) is 5.39 Å². The molecule has 1 aromatic heterocycles. The SMILES string of the molecule is CCCNC(c1cc2cc(C)ccc2o1)C1CCC(C)C1. The summed E-state index contributed by atoms with van der Waals surface area (Å²) in [7, 11) is 0. The van der Waals surface area contributed by atoms with E-state index in [4.69, 9.17) is 4.42 Å². The first kappa shape index (κ1) is 14.6. The van der Waals surface area contributed by atoms with Crippen molar-refractivity contribution in [1.82, 2.24) is 5.32 Å². The lowest BCUT2D eigenvalue weighted by molar-refractivity contribution is 0.314. The van der Waals surface area contributed by atoms with E-state index in [0.717, 1.165) is 30.2 Å². The molecule has 1 saturated carbocycles. The van der Waals surface area contributed by atoms with Gasteiger partial charge in [-0.2, -0.15) is 0 Å². The first-order valence-corrected chi connectivity index (χ1v) is 8.41. The molecule has 114 valence electrons. The van der Waals surface area contributed by atoms with Gasteiger partial charge in [-0.1, -0.05) is 31.9 Å². The number of rotatable bonds is 5. The summed E-state index contributed by atoms with van der Waals surface area (Å²) in [6.45, 7) is 7.80. The van der Waals surface area contributed by atoms with Crippen LogP contribution in [0, 0.1) is 18.8 Å². The zero-order valence-corrected chi connectivity index (χ0v) is 13.5. The van der Waals surface area contributed by atoms with Crippen molar-refractivity contribution in [3.05, 3.63) is 35.6 Å². The molecule has 1 aliphatic rings. The minimum atomic E-state index is 0.377. The van der Waals surface area contributed by atoms with Gasteiger partial charge in [-0.3, -0.25) is 0 Å². The maximum atomic E-state index is 6.17. The number of hydrogen-bond donors (Lipinski definition) is 1. The van der Waals surface area contributed by atoms with Crippen molar-refractivity contribution in [2.45, 2.75) is 52.5 Å². The Labute approximate surface area is 127 Å². The lowest BCUT2D eigenvalue weighted by Crippen LogP contribution is -2.27. The summed E-state index contributed by atoms with van der Waals surface area (Å²) >= 11 is 0. The highest BCUT2D eigenvalue weighted by Crippen LogP contribution is 2.40. The average Bonchev–Trinajstić information content (AvgIpc) is 3.05. The van der Waals surface area contributed by atoms with Crippen molar-refractivity contribution in [2.75, 3.05) is 6.54 Å². The molecule has 1 aromatic carbocycles. The van der Waals surface area contributed by atoms with Gasteiger partial charge < -0.3 is 9.73 Å². The lowest BCUT2D eigenvalue weighted by Gasteiger charge is -2.23. The van der Waals surface area contributed by atoms with Crippen LogP contribution in [0.15, 0.2) is 28.7 Å². The number of furan rings is 1. The minimum Gasteiger partial charge on any atom is -0.459 e. The van der Waals surface area contributed by atoms with E-state index >= 15 is 0 Å². The quantitative estimate of drug-likeness (QED) is 0.815. The summed E-state index contributed by atoms with van der Waals surface area (Å²) in [5, 5.41) is 4.97. The van der Waals surface area contributed by atoms with E-state index in [1.54, 1.807) is 0 Å². The Hall–Kier alpha value is -1.28. The first-order valence-electron chi connectivity index (χ1n) is 8.41. The van der Waals surface area contributed by atoms with Crippen LogP contribution in [0.25, 0.3) is 11.0 Å². The van der Waals surface area contributed by atoms with E-state index in [1.165, 1.54) is 30.2 Å². The zero-order chi connectivity index (χ0) is 14.8. The van der Waals surface area contributed by atoms with Crippen molar-refractivity contribution in [3.63, 3.8) is 0 Å². The van der Waals surface area contributed by atoms with Gasteiger partial charge in [-0.05, 0) is 62.8 Å². The van der Waals surface area contributed by atoms with Crippen molar-refractivity contribution in [2.24, 2.45) is 11.8 Å². The summed E-state index contributed by atoms with van der Waals surface area (Å²) in [4.78, 5) is 0. The maximum Gasteiger partial charge on any atom is 0.134 e. The Kier molecular flexibility index (Phi) is 4.34. The van der Waals surface area contributed by atoms with Crippen LogP contribution in [0.5, 0.6) is 0 Å². The molecule has 3 rings (SSSR count). The third-order valence-corrected chi connectivity index (χ3v) is 4.82. The van der Waals surface area contributed by atoms with Gasteiger partial charge in [0.05, 0.1) is 6.04 Å². The highest BCUT2D eigenvalue weighted by Gasteiger charge is 2.31. The smallest absolute Gasteiger partial charge is 0.134 e. The van der Waals surface area contributed by atoms with Gasteiger partial charge in [0.2, 0.25) is 0 Å². The fourth-order valence-electron chi connectivity index (χ4n) is 3.69. The van der Waals surface area contributed by atoms with E-state index in [1.807, 2.05) is 0 Å². The zero-order valence-electron chi connectivity index (χ0n) is 13.5. The van der Waals surface area contributed by atoms with Crippen LogP contribution < -0.4 is 5.32 Å². The third kappa shape index (κ3) is 3.16. The highest BCUT2D eigenvalue weighted by molar-refractivity contribution is 5.78. The standard InChI is InChI=1S/C19H27NO/c1-4-9-20-19(15-7-5-13(2)10-15)18-12-16-11-14(3)6-8-17(16)21-18/h6,8,11-13,15,19-20H,4-5,7,9-10H2,1-3H3. The fraction of sp³-hybridized carbons (Fsp3) is 0.579. The summed E-state index contributed by atoms with van der Waals surface area (Å²) in [5.74, 6) is 2.70. The second-order valence-corrected chi connectivity index (χ2v) is 6.80. The second kappa shape index (κ2) is 6.23. The number of benzene rings is 1. The largest absolute Gasteiger partial charge is 0.459 e. The van der Waals surface area contributed by atoms with E-state index in [0.29, 0.717) is 12.0 Å². The molecule has 0 radical (unpaired) electrons. The average molecular weight is 285 g/mol. The predicted octanol–water partition coefficient (Wildman–Crippen LogP) is 5.22. The highest BCUT2D eigenvalue weighted by atomic mass is 16.3. The molecule has 2 aromatic rings. The Balaban J connectivity index is 1.89. The third-order valence-electron chi connectivity index (χ3n) is 4.82. The molecular formula is C19H27NO. The molecule has 2 heteroatoms. The van der Waals surface area contributed by atoms with Crippen molar-refractivity contribution >= 4 is 11.0 Å². The van der Waals surface area contributed by atoms with Crippen molar-refractivity contribution in [1.29, 1.82) is 0 Å². The molecule has 1 heterocycles. The van der Waals surface area contributed by atoms with Gasteiger partial charge in [0.15, 0.2) is 0 Å². The maximum absolute atomic E-state index is 6.17. The second-order valence-electron chi connectivity index (χ2n) is 6.80. The molecule has 2 nitrogen and oxygen atoms in total. The molecular weight excluding hydrogens is 258 g/mol. The molecule has 0 aliphatic heterocycles. The summed E-state index contributed by atoms with van der Waals surface area (Å²) in [6, 6.07) is 9.07. The molecule has 1 fully saturated rings. The molecule has 1 N–H and O–H groups in total. The molecule has 3 atom stereocenters. The Morgan fingerprint density at radius 3 is 2.86 bits per heavy atom. The molecule has 0 spiro atoms. The van der Waals surface area contributed by atoms with Crippen LogP contribution in [0.2, 0.25) is 0 Å². The summed E-state index contributed by atoms with van der Waals surface area (Å²) < 4.78 is 6.17. The fourth-order valence-corrected chi connectivity index (χ4v) is 3.69. The van der Waals surface area contributed by atoms with Crippen LogP contribution in [-0.2, 0) is 0 Å². The van der Waals surface area contributed by atoms with Gasteiger partial charge in [0.1, 0.15) is 11.3 Å². The molecule has 0 saturated heterocycles. The van der Waals surface area contributed by atoms with E-state index in [2.05, 4.69) is 50.4 Å².